The lowest BCUT2D eigenvalue weighted by Crippen LogP contribution is -2.52. The highest BCUT2D eigenvalue weighted by Gasteiger charge is 2.30. The number of piperazine rings is 1. The van der Waals surface area contributed by atoms with Crippen LogP contribution in [0.2, 0.25) is 0 Å². The first kappa shape index (κ1) is 17.8. The third-order valence-corrected chi connectivity index (χ3v) is 7.09. The van der Waals surface area contributed by atoms with E-state index in [0.717, 1.165) is 26.2 Å². The fourth-order valence-corrected chi connectivity index (χ4v) is 5.00. The van der Waals surface area contributed by atoms with Crippen molar-refractivity contribution in [3.8, 4) is 0 Å². The molecule has 1 atom stereocenters. The number of hydrogen-bond acceptors (Lipinski definition) is 4. The number of benzene rings is 1. The molecule has 2 fully saturated rings. The molecule has 2 saturated heterocycles. The summed E-state index contributed by atoms with van der Waals surface area (Å²) in [7, 11) is -1.34. The smallest absolute Gasteiger partial charge is 0.243 e. The van der Waals surface area contributed by atoms with Gasteiger partial charge >= 0.3 is 0 Å². The summed E-state index contributed by atoms with van der Waals surface area (Å²) in [5.41, 5.74) is 0. The van der Waals surface area contributed by atoms with Crippen LogP contribution in [0.5, 0.6) is 0 Å². The fraction of sp³-hybridized carbons (Fsp3) is 0.647. The maximum absolute atomic E-state index is 13.0. The summed E-state index contributed by atoms with van der Waals surface area (Å²) in [5.74, 6) is -0.421. The molecule has 0 amide bonds. The molecule has 5 nitrogen and oxygen atoms in total. The number of hydrogen-bond donors (Lipinski definition) is 0. The van der Waals surface area contributed by atoms with E-state index in [1.54, 1.807) is 0 Å². The van der Waals surface area contributed by atoms with Crippen molar-refractivity contribution in [2.24, 2.45) is 0 Å². The Hall–Kier alpha value is -1.02. The van der Waals surface area contributed by atoms with Crippen LogP contribution < -0.4 is 0 Å². The molecule has 134 valence electrons. The summed E-state index contributed by atoms with van der Waals surface area (Å²) in [4.78, 5) is 4.96. The summed E-state index contributed by atoms with van der Waals surface area (Å²) in [5, 5.41) is 0. The van der Waals surface area contributed by atoms with Gasteiger partial charge < -0.3 is 4.90 Å². The molecule has 0 aromatic heterocycles. The van der Waals surface area contributed by atoms with E-state index in [4.69, 9.17) is 0 Å². The van der Waals surface area contributed by atoms with Gasteiger partial charge in [-0.3, -0.25) is 4.90 Å². The topological polar surface area (TPSA) is 43.9 Å². The highest BCUT2D eigenvalue weighted by Crippen LogP contribution is 2.20. The van der Waals surface area contributed by atoms with Gasteiger partial charge in [0.05, 0.1) is 4.90 Å². The number of rotatable bonds is 4. The summed E-state index contributed by atoms with van der Waals surface area (Å²) in [6.07, 6.45) is 3.79. The molecule has 0 radical (unpaired) electrons. The highest BCUT2D eigenvalue weighted by atomic mass is 32.2. The Balaban J connectivity index is 1.57. The SMILES string of the molecule is CN1CCCC[C@H]1CN1CCN(S(=O)(=O)c2ccc(F)cc2)CC1. The van der Waals surface area contributed by atoms with Crippen LogP contribution in [-0.2, 0) is 10.0 Å². The van der Waals surface area contributed by atoms with E-state index in [9.17, 15) is 12.8 Å². The molecular weight excluding hydrogens is 329 g/mol. The highest BCUT2D eigenvalue weighted by molar-refractivity contribution is 7.89. The maximum Gasteiger partial charge on any atom is 0.243 e. The lowest BCUT2D eigenvalue weighted by molar-refractivity contribution is 0.106. The normalized spacial score (nSPS) is 25.0. The number of halogens is 1. The van der Waals surface area contributed by atoms with Crippen molar-refractivity contribution in [1.29, 1.82) is 0 Å². The van der Waals surface area contributed by atoms with Crippen molar-refractivity contribution in [3.63, 3.8) is 0 Å². The number of sulfonamides is 1. The second-order valence-electron chi connectivity index (χ2n) is 6.79. The lowest BCUT2D eigenvalue weighted by atomic mass is 10.0. The van der Waals surface area contributed by atoms with Crippen molar-refractivity contribution in [2.45, 2.75) is 30.2 Å². The first-order valence-electron chi connectivity index (χ1n) is 8.65. The van der Waals surface area contributed by atoms with Crippen molar-refractivity contribution in [3.05, 3.63) is 30.1 Å². The third-order valence-electron chi connectivity index (χ3n) is 5.17. The van der Waals surface area contributed by atoms with Crippen molar-refractivity contribution in [1.82, 2.24) is 14.1 Å². The van der Waals surface area contributed by atoms with E-state index in [2.05, 4.69) is 16.8 Å². The zero-order valence-corrected chi connectivity index (χ0v) is 15.0. The minimum atomic E-state index is -3.52. The van der Waals surface area contributed by atoms with E-state index in [1.807, 2.05) is 0 Å². The standard InChI is InChI=1S/C17H26FN3O2S/c1-19-9-3-2-4-16(19)14-20-10-12-21(13-11-20)24(22,23)17-7-5-15(18)6-8-17/h5-8,16H,2-4,9-14H2,1H3/t16-/m0/s1. The van der Waals surface area contributed by atoms with Crippen molar-refractivity contribution in [2.75, 3.05) is 46.3 Å². The minimum Gasteiger partial charge on any atom is -0.302 e. The second kappa shape index (κ2) is 7.47. The molecule has 0 saturated carbocycles. The minimum absolute atomic E-state index is 0.171. The van der Waals surface area contributed by atoms with Crippen LogP contribution in [0.1, 0.15) is 19.3 Å². The molecule has 0 bridgehead atoms. The molecule has 0 N–H and O–H groups in total. The average Bonchev–Trinajstić information content (AvgIpc) is 2.58. The van der Waals surface area contributed by atoms with Crippen LogP contribution in [0.4, 0.5) is 4.39 Å². The molecule has 0 unspecified atom stereocenters. The van der Waals surface area contributed by atoms with Crippen molar-refractivity contribution >= 4 is 10.0 Å². The van der Waals surface area contributed by atoms with Gasteiger partial charge in [-0.1, -0.05) is 6.42 Å². The Morgan fingerprint density at radius 3 is 2.33 bits per heavy atom. The van der Waals surface area contributed by atoms with Crippen LogP contribution in [0.3, 0.4) is 0 Å². The van der Waals surface area contributed by atoms with E-state index < -0.39 is 15.8 Å². The zero-order chi connectivity index (χ0) is 17.2. The predicted molar refractivity (Wildman–Crippen MR) is 91.9 cm³/mol. The van der Waals surface area contributed by atoms with Gasteiger partial charge in [0.15, 0.2) is 0 Å². The molecule has 7 heteroatoms. The quantitative estimate of drug-likeness (QED) is 0.823. The van der Waals surface area contributed by atoms with Gasteiger partial charge in [-0.15, -0.1) is 0 Å². The average molecular weight is 355 g/mol. The van der Waals surface area contributed by atoms with Crippen LogP contribution in [0.15, 0.2) is 29.2 Å². The maximum atomic E-state index is 13.0. The van der Waals surface area contributed by atoms with Crippen LogP contribution in [-0.4, -0.2) is 74.9 Å². The van der Waals surface area contributed by atoms with Gasteiger partial charge in [0.2, 0.25) is 10.0 Å². The monoisotopic (exact) mass is 355 g/mol. The molecule has 24 heavy (non-hydrogen) atoms. The molecule has 2 aliphatic rings. The van der Waals surface area contributed by atoms with Gasteiger partial charge in [-0.25, -0.2) is 12.8 Å². The van der Waals surface area contributed by atoms with Gasteiger partial charge in [0.25, 0.3) is 0 Å². The summed E-state index contributed by atoms with van der Waals surface area (Å²) >= 11 is 0. The summed E-state index contributed by atoms with van der Waals surface area (Å²) in [6.45, 7) is 4.67. The Bertz CT molecular complexity index is 642. The summed E-state index contributed by atoms with van der Waals surface area (Å²) in [6, 6.07) is 5.66. The zero-order valence-electron chi connectivity index (χ0n) is 14.2. The van der Waals surface area contributed by atoms with Gasteiger partial charge in [-0.05, 0) is 50.7 Å². The Morgan fingerprint density at radius 2 is 1.71 bits per heavy atom. The Morgan fingerprint density at radius 1 is 1.04 bits per heavy atom. The van der Waals surface area contributed by atoms with E-state index in [-0.39, 0.29) is 4.90 Å². The Labute approximate surface area is 144 Å². The first-order valence-corrected chi connectivity index (χ1v) is 10.1. The molecule has 3 rings (SSSR count). The van der Waals surface area contributed by atoms with Crippen molar-refractivity contribution < 1.29 is 12.8 Å². The molecule has 1 aromatic carbocycles. The lowest BCUT2D eigenvalue weighted by Gasteiger charge is -2.39. The largest absolute Gasteiger partial charge is 0.302 e. The van der Waals surface area contributed by atoms with Crippen LogP contribution in [0, 0.1) is 5.82 Å². The van der Waals surface area contributed by atoms with Gasteiger partial charge in [-0.2, -0.15) is 4.31 Å². The Kier molecular flexibility index (Phi) is 5.54. The number of nitrogens with zero attached hydrogens (tertiary/aromatic N) is 3. The van der Waals surface area contributed by atoms with E-state index in [1.165, 1.54) is 47.8 Å². The third kappa shape index (κ3) is 3.96. The summed E-state index contributed by atoms with van der Waals surface area (Å²) < 4.78 is 39.8. The predicted octanol–water partition coefficient (Wildman–Crippen LogP) is 1.62. The van der Waals surface area contributed by atoms with Crippen LogP contribution >= 0.6 is 0 Å². The van der Waals surface area contributed by atoms with E-state index in [0.29, 0.717) is 19.1 Å². The molecule has 0 aliphatic carbocycles. The molecule has 0 spiro atoms. The van der Waals surface area contributed by atoms with Crippen LogP contribution in [0.25, 0.3) is 0 Å². The molecular formula is C17H26FN3O2S. The number of likely N-dealkylation sites (tertiary alicyclic amines) is 1. The van der Waals surface area contributed by atoms with Gasteiger partial charge in [0.1, 0.15) is 5.82 Å². The molecule has 1 aromatic rings. The number of likely N-dealkylation sites (N-methyl/N-ethyl adjacent to an activating group) is 1. The first-order chi connectivity index (χ1) is 11.5. The number of piperidine rings is 1. The molecule has 2 heterocycles. The van der Waals surface area contributed by atoms with Gasteiger partial charge in [0, 0.05) is 38.8 Å². The second-order valence-corrected chi connectivity index (χ2v) is 8.73. The molecule has 2 aliphatic heterocycles. The van der Waals surface area contributed by atoms with E-state index >= 15 is 0 Å². The fourth-order valence-electron chi connectivity index (χ4n) is 3.58.